The molecule has 0 unspecified atom stereocenters. The third-order valence-electron chi connectivity index (χ3n) is 2.70. The summed E-state index contributed by atoms with van der Waals surface area (Å²) in [4.78, 5) is 14.8. The van der Waals surface area contributed by atoms with Gasteiger partial charge in [0.2, 0.25) is 0 Å². The van der Waals surface area contributed by atoms with E-state index in [1.807, 2.05) is 25.1 Å². The van der Waals surface area contributed by atoms with Gasteiger partial charge in [0.25, 0.3) is 0 Å². The number of carboxylic acid groups (broad SMARTS) is 1. The maximum atomic E-state index is 10.5. The number of nitrogens with zero attached hydrogens (tertiary/aromatic N) is 2. The van der Waals surface area contributed by atoms with Crippen molar-refractivity contribution in [2.75, 3.05) is 7.11 Å². The van der Waals surface area contributed by atoms with Crippen LogP contribution in [0.3, 0.4) is 0 Å². The molecular weight excluding hydrogens is 246 g/mol. The van der Waals surface area contributed by atoms with Crippen LogP contribution in [0.1, 0.15) is 17.8 Å². The maximum Gasteiger partial charge on any atom is 0.303 e. The van der Waals surface area contributed by atoms with Gasteiger partial charge in [-0.2, -0.15) is 5.10 Å². The average Bonchev–Trinajstić information content (AvgIpc) is 2.85. The number of methoxy groups -OCH3 is 1. The van der Waals surface area contributed by atoms with Gasteiger partial charge in [-0.05, 0) is 19.1 Å². The summed E-state index contributed by atoms with van der Waals surface area (Å²) in [5, 5.41) is 15.5. The molecule has 6 heteroatoms. The molecule has 2 aromatic rings. The molecule has 1 aromatic carbocycles. The first kappa shape index (κ1) is 13.1. The highest BCUT2D eigenvalue weighted by Gasteiger charge is 2.12. The maximum absolute atomic E-state index is 10.5. The molecule has 0 bridgehead atoms. The third-order valence-corrected chi connectivity index (χ3v) is 2.70. The number of aryl methyl sites for hydroxylation is 2. The van der Waals surface area contributed by atoms with Crippen LogP contribution in [0.4, 0.5) is 0 Å². The minimum absolute atomic E-state index is 0.0274. The minimum Gasteiger partial charge on any atom is -0.496 e. The molecule has 0 saturated heterocycles. The summed E-state index contributed by atoms with van der Waals surface area (Å²) in [7, 11) is 1.59. The Morgan fingerprint density at radius 3 is 2.95 bits per heavy atom. The van der Waals surface area contributed by atoms with Gasteiger partial charge >= 0.3 is 5.97 Å². The second-order valence-corrected chi connectivity index (χ2v) is 4.20. The highest BCUT2D eigenvalue weighted by Crippen LogP contribution is 2.28. The average molecular weight is 261 g/mol. The summed E-state index contributed by atoms with van der Waals surface area (Å²) < 4.78 is 5.27. The summed E-state index contributed by atoms with van der Waals surface area (Å²) in [5.41, 5.74) is 1.87. The smallest absolute Gasteiger partial charge is 0.303 e. The fraction of sp³-hybridized carbons (Fsp3) is 0.308. The standard InChI is InChI=1S/C13H15N3O3/c1-8-3-4-10(19-2)9(7-8)13-14-11(15-16-13)5-6-12(17)18/h3-4,7H,5-6H2,1-2H3,(H,17,18)(H,14,15,16). The molecule has 1 aromatic heterocycles. The molecule has 6 nitrogen and oxygen atoms in total. The third kappa shape index (κ3) is 3.09. The van der Waals surface area contributed by atoms with Crippen molar-refractivity contribution in [3.63, 3.8) is 0 Å². The van der Waals surface area contributed by atoms with Gasteiger partial charge < -0.3 is 9.84 Å². The summed E-state index contributed by atoms with van der Waals surface area (Å²) in [5.74, 6) is 0.905. The lowest BCUT2D eigenvalue weighted by Gasteiger charge is -2.05. The molecule has 1 heterocycles. The largest absolute Gasteiger partial charge is 0.496 e. The molecule has 0 aliphatic rings. The van der Waals surface area contributed by atoms with E-state index in [1.54, 1.807) is 7.11 Å². The van der Waals surface area contributed by atoms with Crippen LogP contribution >= 0.6 is 0 Å². The van der Waals surface area contributed by atoms with E-state index in [1.165, 1.54) is 0 Å². The van der Waals surface area contributed by atoms with E-state index < -0.39 is 5.97 Å². The van der Waals surface area contributed by atoms with E-state index in [-0.39, 0.29) is 6.42 Å². The predicted molar refractivity (Wildman–Crippen MR) is 69.1 cm³/mol. The van der Waals surface area contributed by atoms with Crippen molar-refractivity contribution in [2.24, 2.45) is 0 Å². The lowest BCUT2D eigenvalue weighted by molar-refractivity contribution is -0.137. The zero-order valence-electron chi connectivity index (χ0n) is 10.8. The Morgan fingerprint density at radius 1 is 1.47 bits per heavy atom. The molecular formula is C13H15N3O3. The van der Waals surface area contributed by atoms with E-state index in [9.17, 15) is 4.79 Å². The van der Waals surface area contributed by atoms with E-state index in [4.69, 9.17) is 9.84 Å². The number of carbonyl (C=O) groups is 1. The predicted octanol–water partition coefficient (Wildman–Crippen LogP) is 1.81. The highest BCUT2D eigenvalue weighted by molar-refractivity contribution is 5.67. The number of nitrogens with one attached hydrogen (secondary N) is 1. The topological polar surface area (TPSA) is 88.1 Å². The number of aliphatic carboxylic acids is 1. The minimum atomic E-state index is -0.855. The van der Waals surface area contributed by atoms with Crippen LogP contribution in [0.5, 0.6) is 5.75 Å². The Bertz CT molecular complexity index is 593. The lowest BCUT2D eigenvalue weighted by Crippen LogP contribution is -1.98. The van der Waals surface area contributed by atoms with Crippen molar-refractivity contribution in [3.05, 3.63) is 29.6 Å². The first-order valence-corrected chi connectivity index (χ1v) is 5.88. The fourth-order valence-electron chi connectivity index (χ4n) is 1.75. The van der Waals surface area contributed by atoms with Crippen molar-refractivity contribution in [1.29, 1.82) is 0 Å². The van der Waals surface area contributed by atoms with Gasteiger partial charge in [0.15, 0.2) is 5.82 Å². The molecule has 2 rings (SSSR count). The number of aromatic amines is 1. The Kier molecular flexibility index (Phi) is 3.79. The van der Waals surface area contributed by atoms with Crippen LogP contribution in [0.2, 0.25) is 0 Å². The molecule has 0 saturated carbocycles. The second-order valence-electron chi connectivity index (χ2n) is 4.20. The van der Waals surface area contributed by atoms with Crippen LogP contribution in [0, 0.1) is 6.92 Å². The summed E-state index contributed by atoms with van der Waals surface area (Å²) >= 11 is 0. The molecule has 0 spiro atoms. The van der Waals surface area contributed by atoms with Gasteiger partial charge in [-0.3, -0.25) is 9.89 Å². The van der Waals surface area contributed by atoms with E-state index in [2.05, 4.69) is 15.2 Å². The normalized spacial score (nSPS) is 10.4. The molecule has 0 fully saturated rings. The number of hydrogen-bond acceptors (Lipinski definition) is 4. The van der Waals surface area contributed by atoms with Gasteiger partial charge in [-0.15, -0.1) is 0 Å². The fourth-order valence-corrected chi connectivity index (χ4v) is 1.75. The van der Waals surface area contributed by atoms with Crippen LogP contribution in [-0.4, -0.2) is 33.4 Å². The SMILES string of the molecule is COc1ccc(C)cc1-c1n[nH]c(CCC(=O)O)n1. The van der Waals surface area contributed by atoms with Gasteiger partial charge in [0.1, 0.15) is 11.6 Å². The van der Waals surface area contributed by atoms with Crippen molar-refractivity contribution in [2.45, 2.75) is 19.8 Å². The lowest BCUT2D eigenvalue weighted by atomic mass is 10.1. The van der Waals surface area contributed by atoms with Crippen molar-refractivity contribution >= 4 is 5.97 Å². The molecule has 0 aliphatic carbocycles. The number of hydrogen-bond donors (Lipinski definition) is 2. The number of carboxylic acids is 1. The number of ether oxygens (including phenoxy) is 1. The highest BCUT2D eigenvalue weighted by atomic mass is 16.5. The molecule has 2 N–H and O–H groups in total. The van der Waals surface area contributed by atoms with Crippen LogP contribution in [0.15, 0.2) is 18.2 Å². The Hall–Kier alpha value is -2.37. The monoisotopic (exact) mass is 261 g/mol. The van der Waals surface area contributed by atoms with Crippen LogP contribution < -0.4 is 4.74 Å². The second kappa shape index (κ2) is 5.51. The molecule has 19 heavy (non-hydrogen) atoms. The molecule has 100 valence electrons. The Balaban J connectivity index is 2.27. The van der Waals surface area contributed by atoms with Gasteiger partial charge in [0, 0.05) is 6.42 Å². The summed E-state index contributed by atoms with van der Waals surface area (Å²) in [6.07, 6.45) is 0.357. The van der Waals surface area contributed by atoms with Crippen molar-refractivity contribution in [1.82, 2.24) is 15.2 Å². The van der Waals surface area contributed by atoms with Gasteiger partial charge in [-0.1, -0.05) is 11.6 Å². The molecule has 0 atom stereocenters. The quantitative estimate of drug-likeness (QED) is 0.856. The van der Waals surface area contributed by atoms with Gasteiger partial charge in [-0.25, -0.2) is 4.98 Å². The first-order valence-electron chi connectivity index (χ1n) is 5.88. The van der Waals surface area contributed by atoms with Crippen LogP contribution in [-0.2, 0) is 11.2 Å². The molecule has 0 aliphatic heterocycles. The molecule has 0 amide bonds. The Labute approximate surface area is 110 Å². The summed E-state index contributed by atoms with van der Waals surface area (Å²) in [6.45, 7) is 1.97. The number of H-pyrrole nitrogens is 1. The van der Waals surface area contributed by atoms with E-state index >= 15 is 0 Å². The summed E-state index contributed by atoms with van der Waals surface area (Å²) in [6, 6.07) is 5.74. The van der Waals surface area contributed by atoms with Gasteiger partial charge in [0.05, 0.1) is 19.1 Å². The number of aromatic nitrogens is 3. The van der Waals surface area contributed by atoms with Crippen molar-refractivity contribution in [3.8, 4) is 17.1 Å². The number of benzene rings is 1. The first-order chi connectivity index (χ1) is 9.10. The Morgan fingerprint density at radius 2 is 2.26 bits per heavy atom. The van der Waals surface area contributed by atoms with Crippen molar-refractivity contribution < 1.29 is 14.6 Å². The number of rotatable bonds is 5. The molecule has 0 radical (unpaired) electrons. The van der Waals surface area contributed by atoms with E-state index in [0.29, 0.717) is 23.8 Å². The van der Waals surface area contributed by atoms with Crippen LogP contribution in [0.25, 0.3) is 11.4 Å². The van der Waals surface area contributed by atoms with E-state index in [0.717, 1.165) is 11.1 Å². The zero-order chi connectivity index (χ0) is 13.8. The zero-order valence-corrected chi connectivity index (χ0v) is 10.8.